The number of non-ortho nitro benzene ring substituents is 1. The molecule has 1 N–H and O–H groups in total. The number of hydrogen-bond donors (Lipinski definition) is 1. The second-order valence-electron chi connectivity index (χ2n) is 5.07. The number of halogens is 1. The lowest BCUT2D eigenvalue weighted by Gasteiger charge is -2.03. The second kappa shape index (κ2) is 7.06. The molecular weight excluding hydrogens is 382 g/mol. The zero-order chi connectivity index (χ0) is 18.8. The molecule has 132 valence electrons. The Balaban J connectivity index is 1.89. The molecule has 1 amide bonds. The normalized spacial score (nSPS) is 10.5. The summed E-state index contributed by atoms with van der Waals surface area (Å²) in [5, 5.41) is 13.8. The van der Waals surface area contributed by atoms with Crippen LogP contribution in [0.2, 0.25) is 5.02 Å². The highest BCUT2D eigenvalue weighted by Gasteiger charge is 2.18. The number of nitrogens with zero attached hydrogens (tertiary/aromatic N) is 2. The van der Waals surface area contributed by atoms with Gasteiger partial charge in [0.15, 0.2) is 5.13 Å². The maximum atomic E-state index is 12.4. The third-order valence-corrected chi connectivity index (χ3v) is 4.70. The maximum absolute atomic E-state index is 12.4. The summed E-state index contributed by atoms with van der Waals surface area (Å²) >= 11 is 7.11. The van der Waals surface area contributed by atoms with Crippen molar-refractivity contribution in [3.8, 4) is 0 Å². The molecule has 10 heteroatoms. The van der Waals surface area contributed by atoms with E-state index in [0.29, 0.717) is 15.8 Å². The van der Waals surface area contributed by atoms with Gasteiger partial charge >= 0.3 is 5.97 Å². The zero-order valence-corrected chi connectivity index (χ0v) is 14.8. The van der Waals surface area contributed by atoms with Gasteiger partial charge in [0.1, 0.15) is 0 Å². The van der Waals surface area contributed by atoms with Crippen LogP contribution in [0, 0.1) is 10.1 Å². The number of anilines is 1. The molecule has 0 aliphatic carbocycles. The van der Waals surface area contributed by atoms with Crippen LogP contribution in [-0.4, -0.2) is 28.9 Å². The number of carbonyl (C=O) groups is 2. The van der Waals surface area contributed by atoms with Gasteiger partial charge in [-0.2, -0.15) is 0 Å². The Bertz CT molecular complexity index is 1050. The van der Waals surface area contributed by atoms with Crippen LogP contribution < -0.4 is 5.32 Å². The van der Waals surface area contributed by atoms with Gasteiger partial charge in [0.25, 0.3) is 11.6 Å². The fourth-order valence-electron chi connectivity index (χ4n) is 2.19. The first-order chi connectivity index (χ1) is 12.4. The van der Waals surface area contributed by atoms with Crippen molar-refractivity contribution in [2.45, 2.75) is 0 Å². The number of hydrogen-bond acceptors (Lipinski definition) is 7. The molecule has 0 saturated heterocycles. The first-order valence-corrected chi connectivity index (χ1v) is 8.32. The van der Waals surface area contributed by atoms with E-state index in [4.69, 9.17) is 11.6 Å². The van der Waals surface area contributed by atoms with Gasteiger partial charge in [0.05, 0.1) is 38.4 Å². The van der Waals surface area contributed by atoms with Crippen LogP contribution in [0.15, 0.2) is 36.4 Å². The molecule has 0 radical (unpaired) electrons. The largest absolute Gasteiger partial charge is 0.465 e. The molecule has 0 unspecified atom stereocenters. The van der Waals surface area contributed by atoms with E-state index in [1.807, 2.05) is 0 Å². The van der Waals surface area contributed by atoms with E-state index in [1.165, 1.54) is 19.2 Å². The first-order valence-electron chi connectivity index (χ1n) is 7.13. The lowest BCUT2D eigenvalue weighted by molar-refractivity contribution is -0.384. The number of carbonyl (C=O) groups excluding carboxylic acids is 2. The van der Waals surface area contributed by atoms with Crippen LogP contribution in [0.3, 0.4) is 0 Å². The summed E-state index contributed by atoms with van der Waals surface area (Å²) in [6.07, 6.45) is 0. The molecule has 8 nitrogen and oxygen atoms in total. The standard InChI is InChI=1S/C16H10ClN3O5S/c1-25-15(22)8-2-5-12-13(6-8)26-16(18-12)19-14(21)10-7-9(20(23)24)3-4-11(10)17/h2-7H,1H3,(H,18,19,21). The molecule has 26 heavy (non-hydrogen) atoms. The van der Waals surface area contributed by atoms with Crippen molar-refractivity contribution >= 4 is 55.8 Å². The molecule has 3 rings (SSSR count). The van der Waals surface area contributed by atoms with E-state index in [2.05, 4.69) is 15.0 Å². The first kappa shape index (κ1) is 17.8. The highest BCUT2D eigenvalue weighted by atomic mass is 35.5. The SMILES string of the molecule is COC(=O)c1ccc2nc(NC(=O)c3cc([N+](=O)[O-])ccc3Cl)sc2c1. The van der Waals surface area contributed by atoms with Crippen LogP contribution in [0.4, 0.5) is 10.8 Å². The van der Waals surface area contributed by atoms with Crippen LogP contribution in [0.5, 0.6) is 0 Å². The number of nitro groups is 1. The summed E-state index contributed by atoms with van der Waals surface area (Å²) in [5.74, 6) is -1.10. The predicted octanol–water partition coefficient (Wildman–Crippen LogP) is 3.90. The molecule has 1 heterocycles. The van der Waals surface area contributed by atoms with E-state index in [0.717, 1.165) is 17.4 Å². The van der Waals surface area contributed by atoms with E-state index in [1.54, 1.807) is 18.2 Å². The Hall–Kier alpha value is -3.04. The van der Waals surface area contributed by atoms with Gasteiger partial charge in [-0.1, -0.05) is 22.9 Å². The van der Waals surface area contributed by atoms with Gasteiger partial charge in [-0.05, 0) is 24.3 Å². The Morgan fingerprint density at radius 1 is 1.27 bits per heavy atom. The number of amides is 1. The number of nitrogens with one attached hydrogen (secondary N) is 1. The average molecular weight is 392 g/mol. The zero-order valence-electron chi connectivity index (χ0n) is 13.2. The third kappa shape index (κ3) is 3.48. The number of ether oxygens (including phenoxy) is 1. The minimum Gasteiger partial charge on any atom is -0.465 e. The lowest BCUT2D eigenvalue weighted by Crippen LogP contribution is -2.12. The molecule has 0 saturated carbocycles. The van der Waals surface area contributed by atoms with Crippen LogP contribution in [-0.2, 0) is 4.74 Å². The molecule has 2 aromatic carbocycles. The van der Waals surface area contributed by atoms with Crippen molar-refractivity contribution in [1.82, 2.24) is 4.98 Å². The van der Waals surface area contributed by atoms with Crippen LogP contribution in [0.25, 0.3) is 10.2 Å². The van der Waals surface area contributed by atoms with Crippen molar-refractivity contribution in [2.24, 2.45) is 0 Å². The Labute approximate surface area is 155 Å². The minimum absolute atomic E-state index is 0.0321. The molecule has 1 aromatic heterocycles. The quantitative estimate of drug-likeness (QED) is 0.410. The van der Waals surface area contributed by atoms with E-state index < -0.39 is 16.8 Å². The number of nitro benzene ring substituents is 1. The minimum atomic E-state index is -0.619. The monoisotopic (exact) mass is 391 g/mol. The molecule has 0 aliphatic rings. The summed E-state index contributed by atoms with van der Waals surface area (Å²) in [6, 6.07) is 8.40. The van der Waals surface area contributed by atoms with Crippen molar-refractivity contribution < 1.29 is 19.2 Å². The fourth-order valence-corrected chi connectivity index (χ4v) is 3.29. The van der Waals surface area contributed by atoms with Crippen molar-refractivity contribution in [3.63, 3.8) is 0 Å². The number of thiazole rings is 1. The summed E-state index contributed by atoms with van der Waals surface area (Å²) < 4.78 is 5.34. The molecule has 0 spiro atoms. The predicted molar refractivity (Wildman–Crippen MR) is 97.0 cm³/mol. The topological polar surface area (TPSA) is 111 Å². The summed E-state index contributed by atoms with van der Waals surface area (Å²) in [6.45, 7) is 0. The number of fused-ring (bicyclic) bond motifs is 1. The van der Waals surface area contributed by atoms with Gasteiger partial charge in [-0.25, -0.2) is 9.78 Å². The lowest BCUT2D eigenvalue weighted by atomic mass is 10.2. The average Bonchev–Trinajstić information content (AvgIpc) is 3.02. The van der Waals surface area contributed by atoms with Gasteiger partial charge in [0.2, 0.25) is 0 Å². The number of esters is 1. The van der Waals surface area contributed by atoms with Crippen LogP contribution in [0.1, 0.15) is 20.7 Å². The van der Waals surface area contributed by atoms with Crippen molar-refractivity contribution in [3.05, 3.63) is 62.7 Å². The Kier molecular flexibility index (Phi) is 4.83. The number of aromatic nitrogens is 1. The van der Waals surface area contributed by atoms with Gasteiger partial charge in [-0.3, -0.25) is 20.2 Å². The van der Waals surface area contributed by atoms with Crippen molar-refractivity contribution in [1.29, 1.82) is 0 Å². The molecule has 0 aliphatic heterocycles. The van der Waals surface area contributed by atoms with Crippen LogP contribution >= 0.6 is 22.9 Å². The Morgan fingerprint density at radius 3 is 2.73 bits per heavy atom. The van der Waals surface area contributed by atoms with E-state index in [-0.39, 0.29) is 21.4 Å². The van der Waals surface area contributed by atoms with E-state index in [9.17, 15) is 19.7 Å². The number of rotatable bonds is 4. The molecule has 0 bridgehead atoms. The highest BCUT2D eigenvalue weighted by Crippen LogP contribution is 2.29. The van der Waals surface area contributed by atoms with Gasteiger partial charge < -0.3 is 4.74 Å². The summed E-state index contributed by atoms with van der Waals surface area (Å²) in [5.41, 5.74) is 0.674. The maximum Gasteiger partial charge on any atom is 0.337 e. The number of benzene rings is 2. The highest BCUT2D eigenvalue weighted by molar-refractivity contribution is 7.22. The summed E-state index contributed by atoms with van der Waals surface area (Å²) in [7, 11) is 1.29. The molecular formula is C16H10ClN3O5S. The smallest absolute Gasteiger partial charge is 0.337 e. The molecule has 0 atom stereocenters. The van der Waals surface area contributed by atoms with Gasteiger partial charge in [-0.15, -0.1) is 0 Å². The van der Waals surface area contributed by atoms with Gasteiger partial charge in [0, 0.05) is 12.1 Å². The second-order valence-corrected chi connectivity index (χ2v) is 6.51. The van der Waals surface area contributed by atoms with E-state index >= 15 is 0 Å². The molecule has 0 fully saturated rings. The van der Waals surface area contributed by atoms with Crippen molar-refractivity contribution in [2.75, 3.05) is 12.4 Å². The summed E-state index contributed by atoms with van der Waals surface area (Å²) in [4.78, 5) is 38.5. The Morgan fingerprint density at radius 2 is 2.04 bits per heavy atom. The number of methoxy groups -OCH3 is 1. The molecule has 3 aromatic rings. The fraction of sp³-hybridized carbons (Fsp3) is 0.0625. The third-order valence-electron chi connectivity index (χ3n) is 3.44.